The molecular formula is C14H22BrClN2. The maximum atomic E-state index is 6.19. The van der Waals surface area contributed by atoms with E-state index in [1.54, 1.807) is 0 Å². The van der Waals surface area contributed by atoms with Crippen molar-refractivity contribution in [1.29, 1.82) is 0 Å². The van der Waals surface area contributed by atoms with E-state index in [-0.39, 0.29) is 0 Å². The Morgan fingerprint density at radius 2 is 2.00 bits per heavy atom. The van der Waals surface area contributed by atoms with Gasteiger partial charge in [0.25, 0.3) is 0 Å². The second-order valence-electron chi connectivity index (χ2n) is 5.14. The molecule has 102 valence electrons. The van der Waals surface area contributed by atoms with Crippen molar-refractivity contribution < 1.29 is 0 Å². The van der Waals surface area contributed by atoms with E-state index >= 15 is 0 Å². The molecule has 1 rings (SSSR count). The predicted molar refractivity (Wildman–Crippen MR) is 83.2 cm³/mol. The van der Waals surface area contributed by atoms with Crippen LogP contribution in [0.25, 0.3) is 0 Å². The van der Waals surface area contributed by atoms with Gasteiger partial charge in [0.1, 0.15) is 0 Å². The van der Waals surface area contributed by atoms with Crippen LogP contribution in [0.3, 0.4) is 0 Å². The van der Waals surface area contributed by atoms with Gasteiger partial charge < -0.3 is 10.2 Å². The van der Waals surface area contributed by atoms with Gasteiger partial charge in [-0.05, 0) is 37.7 Å². The molecule has 1 aromatic rings. The Labute approximate surface area is 124 Å². The topological polar surface area (TPSA) is 15.3 Å². The van der Waals surface area contributed by atoms with Gasteiger partial charge in [-0.15, -0.1) is 0 Å². The summed E-state index contributed by atoms with van der Waals surface area (Å²) in [6, 6.07) is 6.55. The first kappa shape index (κ1) is 16.0. The van der Waals surface area contributed by atoms with Crippen molar-refractivity contribution in [2.24, 2.45) is 5.92 Å². The van der Waals surface area contributed by atoms with E-state index in [2.05, 4.69) is 60.2 Å². The third-order valence-corrected chi connectivity index (χ3v) is 3.96. The molecular weight excluding hydrogens is 312 g/mol. The lowest BCUT2D eigenvalue weighted by atomic mass is 10.0. The Kier molecular flexibility index (Phi) is 6.64. The average Bonchev–Trinajstić information content (AvgIpc) is 2.25. The summed E-state index contributed by atoms with van der Waals surface area (Å²) < 4.78 is 1.02. The van der Waals surface area contributed by atoms with Gasteiger partial charge >= 0.3 is 0 Å². The van der Waals surface area contributed by atoms with Gasteiger partial charge in [0, 0.05) is 28.6 Å². The molecule has 0 spiro atoms. The van der Waals surface area contributed by atoms with Crippen molar-refractivity contribution in [2.45, 2.75) is 26.4 Å². The molecule has 0 aliphatic carbocycles. The minimum Gasteiger partial charge on any atom is -0.311 e. The molecule has 0 aliphatic rings. The maximum absolute atomic E-state index is 6.19. The summed E-state index contributed by atoms with van der Waals surface area (Å²) in [5, 5.41) is 4.29. The molecule has 0 radical (unpaired) electrons. The summed E-state index contributed by atoms with van der Waals surface area (Å²) in [5.41, 5.74) is 1.14. The summed E-state index contributed by atoms with van der Waals surface area (Å²) in [6.45, 7) is 6.28. The Balaban J connectivity index is 2.50. The largest absolute Gasteiger partial charge is 0.311 e. The van der Waals surface area contributed by atoms with Crippen molar-refractivity contribution in [3.8, 4) is 0 Å². The summed E-state index contributed by atoms with van der Waals surface area (Å²) >= 11 is 9.60. The molecule has 1 atom stereocenters. The molecule has 0 heterocycles. The molecule has 0 aromatic heterocycles. The maximum Gasteiger partial charge on any atom is 0.0462 e. The van der Waals surface area contributed by atoms with E-state index in [0.29, 0.717) is 12.0 Å². The highest BCUT2D eigenvalue weighted by Gasteiger charge is 2.15. The Bertz CT molecular complexity index is 372. The van der Waals surface area contributed by atoms with Crippen LogP contribution in [0.1, 0.15) is 19.4 Å². The van der Waals surface area contributed by atoms with E-state index < -0.39 is 0 Å². The van der Waals surface area contributed by atoms with Crippen LogP contribution in [0.4, 0.5) is 0 Å². The highest BCUT2D eigenvalue weighted by atomic mass is 79.9. The van der Waals surface area contributed by atoms with Gasteiger partial charge in [0.05, 0.1) is 0 Å². The molecule has 18 heavy (non-hydrogen) atoms. The normalized spacial score (nSPS) is 13.3. The Morgan fingerprint density at radius 1 is 1.33 bits per heavy atom. The first-order valence-corrected chi connectivity index (χ1v) is 7.40. The standard InChI is InChI=1S/C14H22BrClN2/c1-10(2)14(18(3)4)9-17-8-11-5-6-12(15)7-13(11)16/h5-7,10,14,17H,8-9H2,1-4H3. The molecule has 0 saturated heterocycles. The van der Waals surface area contributed by atoms with Crippen LogP contribution in [0.2, 0.25) is 5.02 Å². The quantitative estimate of drug-likeness (QED) is 0.852. The van der Waals surface area contributed by atoms with Crippen LogP contribution in [0, 0.1) is 5.92 Å². The highest BCUT2D eigenvalue weighted by molar-refractivity contribution is 9.10. The van der Waals surface area contributed by atoms with Gasteiger partial charge in [0.2, 0.25) is 0 Å². The first-order valence-electron chi connectivity index (χ1n) is 6.23. The fraction of sp³-hybridized carbons (Fsp3) is 0.571. The van der Waals surface area contributed by atoms with Crippen molar-refractivity contribution in [3.05, 3.63) is 33.3 Å². The summed E-state index contributed by atoms with van der Waals surface area (Å²) in [4.78, 5) is 2.26. The minimum atomic E-state index is 0.541. The molecule has 1 unspecified atom stereocenters. The third-order valence-electron chi connectivity index (χ3n) is 3.12. The molecule has 0 bridgehead atoms. The minimum absolute atomic E-state index is 0.541. The van der Waals surface area contributed by atoms with E-state index in [1.807, 2.05) is 12.1 Å². The number of benzene rings is 1. The van der Waals surface area contributed by atoms with Crippen LogP contribution in [0.5, 0.6) is 0 Å². The lowest BCUT2D eigenvalue weighted by Crippen LogP contribution is -2.41. The molecule has 4 heteroatoms. The summed E-state index contributed by atoms with van der Waals surface area (Å²) in [5.74, 6) is 0.632. The number of hydrogen-bond donors (Lipinski definition) is 1. The van der Waals surface area contributed by atoms with E-state index in [4.69, 9.17) is 11.6 Å². The lowest BCUT2D eigenvalue weighted by molar-refractivity contribution is 0.224. The van der Waals surface area contributed by atoms with Gasteiger partial charge in [-0.3, -0.25) is 0 Å². The summed E-state index contributed by atoms with van der Waals surface area (Å²) in [7, 11) is 4.25. The predicted octanol–water partition coefficient (Wildman–Crippen LogP) is 3.78. The van der Waals surface area contributed by atoms with Gasteiger partial charge in [-0.25, -0.2) is 0 Å². The first-order chi connectivity index (χ1) is 8.41. The molecule has 0 amide bonds. The zero-order chi connectivity index (χ0) is 13.7. The fourth-order valence-electron chi connectivity index (χ4n) is 2.03. The van der Waals surface area contributed by atoms with Crippen LogP contribution < -0.4 is 5.32 Å². The van der Waals surface area contributed by atoms with Crippen LogP contribution in [0.15, 0.2) is 22.7 Å². The van der Waals surface area contributed by atoms with E-state index in [1.165, 1.54) is 0 Å². The van der Waals surface area contributed by atoms with Crippen LogP contribution in [-0.4, -0.2) is 31.6 Å². The smallest absolute Gasteiger partial charge is 0.0462 e. The zero-order valence-electron chi connectivity index (χ0n) is 11.5. The zero-order valence-corrected chi connectivity index (χ0v) is 13.8. The molecule has 0 fully saturated rings. The number of likely N-dealkylation sites (N-methyl/N-ethyl adjacent to an activating group) is 1. The molecule has 1 N–H and O–H groups in total. The number of rotatable bonds is 6. The van der Waals surface area contributed by atoms with Crippen molar-refractivity contribution in [1.82, 2.24) is 10.2 Å². The summed E-state index contributed by atoms with van der Waals surface area (Å²) in [6.07, 6.45) is 0. The Hall–Kier alpha value is -0.0900. The molecule has 2 nitrogen and oxygen atoms in total. The lowest BCUT2D eigenvalue weighted by Gasteiger charge is -2.28. The number of hydrogen-bond acceptors (Lipinski definition) is 2. The SMILES string of the molecule is CC(C)C(CNCc1ccc(Br)cc1Cl)N(C)C. The van der Waals surface area contributed by atoms with Crippen molar-refractivity contribution in [2.75, 3.05) is 20.6 Å². The number of nitrogens with one attached hydrogen (secondary N) is 1. The number of halogens is 2. The van der Waals surface area contributed by atoms with E-state index in [9.17, 15) is 0 Å². The Morgan fingerprint density at radius 3 is 2.50 bits per heavy atom. The second-order valence-corrected chi connectivity index (χ2v) is 6.46. The van der Waals surface area contributed by atoms with Crippen molar-refractivity contribution >= 4 is 27.5 Å². The van der Waals surface area contributed by atoms with Gasteiger partial charge in [-0.2, -0.15) is 0 Å². The van der Waals surface area contributed by atoms with Crippen LogP contribution >= 0.6 is 27.5 Å². The average molecular weight is 334 g/mol. The number of nitrogens with zero attached hydrogens (tertiary/aromatic N) is 1. The third kappa shape index (κ3) is 4.88. The molecule has 1 aromatic carbocycles. The van der Waals surface area contributed by atoms with Gasteiger partial charge in [-0.1, -0.05) is 47.4 Å². The molecule has 0 aliphatic heterocycles. The van der Waals surface area contributed by atoms with Crippen LogP contribution in [-0.2, 0) is 6.54 Å². The second kappa shape index (κ2) is 7.49. The monoisotopic (exact) mass is 332 g/mol. The van der Waals surface area contributed by atoms with Gasteiger partial charge in [0.15, 0.2) is 0 Å². The highest BCUT2D eigenvalue weighted by Crippen LogP contribution is 2.21. The van der Waals surface area contributed by atoms with E-state index in [0.717, 1.165) is 28.1 Å². The fourth-order valence-corrected chi connectivity index (χ4v) is 2.77. The van der Waals surface area contributed by atoms with Crippen molar-refractivity contribution in [3.63, 3.8) is 0 Å². The molecule has 0 saturated carbocycles.